The lowest BCUT2D eigenvalue weighted by molar-refractivity contribution is -0.134. The summed E-state index contributed by atoms with van der Waals surface area (Å²) in [6.07, 6.45) is 0.786. The molecule has 1 atom stereocenters. The molecule has 0 N–H and O–H groups in total. The first kappa shape index (κ1) is 19.5. The Morgan fingerprint density at radius 2 is 1.70 bits per heavy atom. The van der Waals surface area contributed by atoms with Crippen molar-refractivity contribution in [3.63, 3.8) is 0 Å². The zero-order valence-corrected chi connectivity index (χ0v) is 18.3. The van der Waals surface area contributed by atoms with Crippen LogP contribution in [0.3, 0.4) is 0 Å². The molecule has 0 aliphatic carbocycles. The third-order valence-corrected chi connectivity index (χ3v) is 7.59. The lowest BCUT2D eigenvalue weighted by atomic mass is 10.1. The number of hydrogen-bond donors (Lipinski definition) is 0. The monoisotopic (exact) mass is 436 g/mol. The molecule has 2 aromatic heterocycles. The van der Waals surface area contributed by atoms with Crippen LogP contribution < -0.4 is 4.90 Å². The zero-order valence-electron chi connectivity index (χ0n) is 16.7. The molecule has 1 saturated heterocycles. The second kappa shape index (κ2) is 8.71. The molecule has 1 amide bonds. The van der Waals surface area contributed by atoms with Crippen molar-refractivity contribution in [1.82, 2.24) is 9.91 Å². The lowest BCUT2D eigenvalue weighted by Crippen LogP contribution is -2.49. The maximum Gasteiger partial charge on any atom is 0.257 e. The van der Waals surface area contributed by atoms with Crippen LogP contribution in [0, 0.1) is 0 Å². The third-order valence-electron chi connectivity index (χ3n) is 5.70. The number of hydrazone groups is 1. The van der Waals surface area contributed by atoms with Crippen LogP contribution in [0.25, 0.3) is 0 Å². The van der Waals surface area contributed by atoms with Crippen molar-refractivity contribution >= 4 is 40.0 Å². The summed E-state index contributed by atoms with van der Waals surface area (Å²) >= 11 is 3.39. The van der Waals surface area contributed by atoms with Gasteiger partial charge in [0.05, 0.1) is 23.2 Å². The quantitative estimate of drug-likeness (QED) is 0.598. The minimum absolute atomic E-state index is 0.0141. The van der Waals surface area contributed by atoms with E-state index in [0.29, 0.717) is 6.54 Å². The average Bonchev–Trinajstić information content (AvgIpc) is 3.56. The van der Waals surface area contributed by atoms with Crippen LogP contribution in [-0.4, -0.2) is 54.3 Å². The van der Waals surface area contributed by atoms with Gasteiger partial charge in [0.1, 0.15) is 0 Å². The summed E-state index contributed by atoms with van der Waals surface area (Å²) in [5.74, 6) is 0.0908. The van der Waals surface area contributed by atoms with E-state index in [-0.39, 0.29) is 11.9 Å². The molecule has 154 valence electrons. The average molecular weight is 437 g/mol. The van der Waals surface area contributed by atoms with Crippen LogP contribution in [-0.2, 0) is 4.79 Å². The number of anilines is 1. The predicted molar refractivity (Wildman–Crippen MR) is 124 cm³/mol. The summed E-state index contributed by atoms with van der Waals surface area (Å²) in [5.41, 5.74) is 2.27. The van der Waals surface area contributed by atoms with E-state index >= 15 is 0 Å². The molecule has 2 aliphatic heterocycles. The molecule has 30 heavy (non-hydrogen) atoms. The Hall–Kier alpha value is -2.48. The molecule has 4 heterocycles. The highest BCUT2D eigenvalue weighted by molar-refractivity contribution is 7.12. The number of amides is 1. The fourth-order valence-electron chi connectivity index (χ4n) is 4.10. The Bertz CT molecular complexity index is 993. The van der Waals surface area contributed by atoms with E-state index in [2.05, 4.69) is 63.0 Å². The minimum atomic E-state index is 0.0141. The van der Waals surface area contributed by atoms with Gasteiger partial charge in [-0.1, -0.05) is 30.3 Å². The molecule has 5 nitrogen and oxygen atoms in total. The van der Waals surface area contributed by atoms with Crippen molar-refractivity contribution in [1.29, 1.82) is 0 Å². The Balaban J connectivity index is 1.26. The Morgan fingerprint density at radius 3 is 2.40 bits per heavy atom. The minimum Gasteiger partial charge on any atom is -0.369 e. The number of para-hydroxylation sites is 1. The predicted octanol–water partition coefficient (Wildman–Crippen LogP) is 4.31. The maximum absolute atomic E-state index is 13.3. The first-order valence-electron chi connectivity index (χ1n) is 10.3. The molecule has 2 aliphatic rings. The van der Waals surface area contributed by atoms with Gasteiger partial charge in [-0.2, -0.15) is 5.10 Å². The van der Waals surface area contributed by atoms with Crippen molar-refractivity contribution in [2.24, 2.45) is 5.10 Å². The number of carbonyl (C=O) groups excluding carboxylic acids is 1. The van der Waals surface area contributed by atoms with Gasteiger partial charge in [-0.05, 0) is 35.0 Å². The molecule has 7 heteroatoms. The van der Waals surface area contributed by atoms with E-state index in [1.807, 2.05) is 12.1 Å². The topological polar surface area (TPSA) is 39.2 Å². The molecule has 3 aromatic rings. The fourth-order valence-corrected chi connectivity index (χ4v) is 5.63. The van der Waals surface area contributed by atoms with Gasteiger partial charge >= 0.3 is 0 Å². The van der Waals surface area contributed by atoms with Crippen LogP contribution >= 0.6 is 22.7 Å². The van der Waals surface area contributed by atoms with E-state index in [0.717, 1.165) is 43.2 Å². The van der Waals surface area contributed by atoms with Gasteiger partial charge in [0.2, 0.25) is 0 Å². The number of thiophene rings is 2. The Kier molecular flexibility index (Phi) is 5.66. The van der Waals surface area contributed by atoms with Gasteiger partial charge in [0.25, 0.3) is 5.91 Å². The highest BCUT2D eigenvalue weighted by Crippen LogP contribution is 2.36. The molecule has 0 bridgehead atoms. The van der Waals surface area contributed by atoms with Gasteiger partial charge in [0, 0.05) is 43.2 Å². The number of rotatable bonds is 5. The molecule has 5 rings (SSSR count). The first-order valence-corrected chi connectivity index (χ1v) is 12.0. The summed E-state index contributed by atoms with van der Waals surface area (Å²) < 4.78 is 0. The second-order valence-electron chi connectivity index (χ2n) is 7.60. The maximum atomic E-state index is 13.3. The molecule has 0 saturated carbocycles. The molecule has 0 spiro atoms. The fraction of sp³-hybridized carbons (Fsp3) is 0.304. The van der Waals surface area contributed by atoms with Crippen LogP contribution in [0.15, 0.2) is 70.5 Å². The summed E-state index contributed by atoms with van der Waals surface area (Å²) in [6.45, 7) is 4.08. The summed E-state index contributed by atoms with van der Waals surface area (Å²) in [7, 11) is 0. The number of hydrogen-bond acceptors (Lipinski definition) is 6. The van der Waals surface area contributed by atoms with E-state index in [1.165, 1.54) is 10.6 Å². The van der Waals surface area contributed by atoms with Crippen molar-refractivity contribution in [2.45, 2.75) is 12.5 Å². The Morgan fingerprint density at radius 1 is 0.933 bits per heavy atom. The standard InChI is InChI=1S/C23H24N4OS2/c28-23(17-25-10-12-26(13-11-25)18-6-2-1-3-7-18)27-20(22-9-5-15-30-22)16-19(24-27)21-8-4-14-29-21/h1-9,14-15,20H,10-13,16-17H2. The van der Waals surface area contributed by atoms with E-state index < -0.39 is 0 Å². The van der Waals surface area contributed by atoms with Gasteiger partial charge in [-0.15, -0.1) is 22.7 Å². The molecule has 0 radical (unpaired) electrons. The summed E-state index contributed by atoms with van der Waals surface area (Å²) in [5, 5.41) is 10.7. The van der Waals surface area contributed by atoms with Crippen LogP contribution in [0.2, 0.25) is 0 Å². The van der Waals surface area contributed by atoms with Crippen molar-refractivity contribution in [3.8, 4) is 0 Å². The van der Waals surface area contributed by atoms with Crippen LogP contribution in [0.5, 0.6) is 0 Å². The van der Waals surface area contributed by atoms with Crippen LogP contribution in [0.4, 0.5) is 5.69 Å². The largest absolute Gasteiger partial charge is 0.369 e. The van der Waals surface area contributed by atoms with E-state index in [1.54, 1.807) is 27.7 Å². The van der Waals surface area contributed by atoms with Gasteiger partial charge in [-0.3, -0.25) is 9.69 Å². The molecule has 1 fully saturated rings. The molecule has 1 unspecified atom stereocenters. The molecular weight excluding hydrogens is 412 g/mol. The Labute approximate surface area is 184 Å². The first-order chi connectivity index (χ1) is 14.8. The van der Waals surface area contributed by atoms with E-state index in [9.17, 15) is 4.79 Å². The van der Waals surface area contributed by atoms with Gasteiger partial charge in [-0.25, -0.2) is 5.01 Å². The molecular formula is C23H24N4OS2. The third kappa shape index (κ3) is 4.05. The molecule has 1 aromatic carbocycles. The zero-order chi connectivity index (χ0) is 20.3. The number of benzene rings is 1. The van der Waals surface area contributed by atoms with E-state index in [4.69, 9.17) is 5.10 Å². The summed E-state index contributed by atoms with van der Waals surface area (Å²) in [4.78, 5) is 20.3. The van der Waals surface area contributed by atoms with Gasteiger partial charge in [0.15, 0.2) is 0 Å². The number of carbonyl (C=O) groups is 1. The lowest BCUT2D eigenvalue weighted by Gasteiger charge is -2.36. The van der Waals surface area contributed by atoms with Crippen molar-refractivity contribution in [3.05, 3.63) is 75.1 Å². The number of piperazine rings is 1. The highest BCUT2D eigenvalue weighted by atomic mass is 32.1. The smallest absolute Gasteiger partial charge is 0.257 e. The highest BCUT2D eigenvalue weighted by Gasteiger charge is 2.35. The SMILES string of the molecule is O=C(CN1CCN(c2ccccc2)CC1)N1N=C(c2cccs2)CC1c1cccs1. The van der Waals surface area contributed by atoms with Crippen LogP contribution in [0.1, 0.15) is 22.2 Å². The normalized spacial score (nSPS) is 19.9. The van der Waals surface area contributed by atoms with Gasteiger partial charge < -0.3 is 4.90 Å². The van der Waals surface area contributed by atoms with Crippen molar-refractivity contribution < 1.29 is 4.79 Å². The second-order valence-corrected chi connectivity index (χ2v) is 9.52. The summed E-state index contributed by atoms with van der Waals surface area (Å²) in [6, 6.07) is 18.8. The number of nitrogens with zero attached hydrogens (tertiary/aromatic N) is 4. The van der Waals surface area contributed by atoms with Crippen molar-refractivity contribution in [2.75, 3.05) is 37.6 Å².